The number of aryl methyl sites for hydroxylation is 1. The Morgan fingerprint density at radius 1 is 1.59 bits per heavy atom. The number of carboxylic acids is 1. The first-order valence-corrected chi connectivity index (χ1v) is 5.26. The van der Waals surface area contributed by atoms with Crippen LogP contribution in [0, 0.1) is 0 Å². The summed E-state index contributed by atoms with van der Waals surface area (Å²) in [6.07, 6.45) is 1.71. The number of carbonyl (C=O) groups is 1. The van der Waals surface area contributed by atoms with Crippen LogP contribution in [-0.2, 0) is 16.6 Å². The number of aromatic nitrogens is 2. The minimum atomic E-state index is -0.887. The SMILES string of the molecule is COCC(C(=O)O)c1ccc2c(c1)ncn2C. The Labute approximate surface area is 98.6 Å². The molecule has 0 aliphatic heterocycles. The molecule has 0 fully saturated rings. The van der Waals surface area contributed by atoms with Gasteiger partial charge in [0.15, 0.2) is 0 Å². The second-order valence-electron chi connectivity index (χ2n) is 3.95. The third-order valence-corrected chi connectivity index (χ3v) is 2.78. The van der Waals surface area contributed by atoms with Gasteiger partial charge in [-0.25, -0.2) is 4.98 Å². The van der Waals surface area contributed by atoms with Crippen molar-refractivity contribution in [1.29, 1.82) is 0 Å². The highest BCUT2D eigenvalue weighted by Crippen LogP contribution is 2.21. The maximum absolute atomic E-state index is 11.1. The lowest BCUT2D eigenvalue weighted by Crippen LogP contribution is -2.16. The number of fused-ring (bicyclic) bond motifs is 1. The van der Waals surface area contributed by atoms with E-state index in [0.717, 1.165) is 11.0 Å². The Hall–Kier alpha value is -1.88. The molecular formula is C12H14N2O3. The quantitative estimate of drug-likeness (QED) is 0.868. The third kappa shape index (κ3) is 2.14. The minimum absolute atomic E-state index is 0.160. The smallest absolute Gasteiger partial charge is 0.313 e. The van der Waals surface area contributed by atoms with E-state index in [1.165, 1.54) is 7.11 Å². The first-order valence-electron chi connectivity index (χ1n) is 5.26. The van der Waals surface area contributed by atoms with E-state index in [0.29, 0.717) is 5.56 Å². The van der Waals surface area contributed by atoms with E-state index in [4.69, 9.17) is 9.84 Å². The van der Waals surface area contributed by atoms with E-state index >= 15 is 0 Å². The average molecular weight is 234 g/mol. The van der Waals surface area contributed by atoms with Crippen molar-refractivity contribution in [2.24, 2.45) is 7.05 Å². The molecule has 1 N–H and O–H groups in total. The summed E-state index contributed by atoms with van der Waals surface area (Å²) >= 11 is 0. The highest BCUT2D eigenvalue weighted by atomic mass is 16.5. The van der Waals surface area contributed by atoms with Crippen molar-refractivity contribution in [2.45, 2.75) is 5.92 Å². The normalized spacial score (nSPS) is 12.8. The maximum Gasteiger partial charge on any atom is 0.313 e. The summed E-state index contributed by atoms with van der Waals surface area (Å²) in [5.74, 6) is -1.53. The Kier molecular flexibility index (Phi) is 3.10. The molecule has 1 unspecified atom stereocenters. The van der Waals surface area contributed by atoms with E-state index in [1.54, 1.807) is 12.4 Å². The lowest BCUT2D eigenvalue weighted by molar-refractivity contribution is -0.140. The Morgan fingerprint density at radius 2 is 2.35 bits per heavy atom. The van der Waals surface area contributed by atoms with E-state index in [2.05, 4.69) is 4.98 Å². The molecule has 1 heterocycles. The number of aliphatic carboxylic acids is 1. The molecule has 1 aromatic carbocycles. The minimum Gasteiger partial charge on any atom is -0.481 e. The molecular weight excluding hydrogens is 220 g/mol. The van der Waals surface area contributed by atoms with Crippen LogP contribution in [0.4, 0.5) is 0 Å². The summed E-state index contributed by atoms with van der Waals surface area (Å²) in [5, 5.41) is 9.13. The number of methoxy groups -OCH3 is 1. The molecule has 0 saturated heterocycles. The predicted molar refractivity (Wildman–Crippen MR) is 63.0 cm³/mol. The van der Waals surface area contributed by atoms with Crippen molar-refractivity contribution >= 4 is 17.0 Å². The van der Waals surface area contributed by atoms with Gasteiger partial charge in [-0.15, -0.1) is 0 Å². The van der Waals surface area contributed by atoms with Crippen LogP contribution in [0.2, 0.25) is 0 Å². The fourth-order valence-electron chi connectivity index (χ4n) is 1.85. The first kappa shape index (κ1) is 11.6. The van der Waals surface area contributed by atoms with Gasteiger partial charge in [0.05, 0.1) is 24.0 Å². The van der Waals surface area contributed by atoms with Crippen molar-refractivity contribution in [3.63, 3.8) is 0 Å². The van der Waals surface area contributed by atoms with Gasteiger partial charge in [-0.3, -0.25) is 4.79 Å². The molecule has 0 saturated carbocycles. The zero-order valence-corrected chi connectivity index (χ0v) is 9.75. The van der Waals surface area contributed by atoms with E-state index < -0.39 is 11.9 Å². The van der Waals surface area contributed by atoms with Gasteiger partial charge >= 0.3 is 5.97 Å². The number of hydrogen-bond donors (Lipinski definition) is 1. The summed E-state index contributed by atoms with van der Waals surface area (Å²) < 4.78 is 6.82. The summed E-state index contributed by atoms with van der Waals surface area (Å²) in [6, 6.07) is 5.48. The number of benzene rings is 1. The summed E-state index contributed by atoms with van der Waals surface area (Å²) in [5.41, 5.74) is 2.49. The average Bonchev–Trinajstić information content (AvgIpc) is 2.67. The molecule has 0 amide bonds. The van der Waals surface area contributed by atoms with Crippen molar-refractivity contribution < 1.29 is 14.6 Å². The second-order valence-corrected chi connectivity index (χ2v) is 3.95. The molecule has 1 aromatic heterocycles. The third-order valence-electron chi connectivity index (χ3n) is 2.78. The molecule has 0 bridgehead atoms. The topological polar surface area (TPSA) is 64.3 Å². The van der Waals surface area contributed by atoms with Gasteiger partial charge in [0.25, 0.3) is 0 Å². The van der Waals surface area contributed by atoms with Crippen LogP contribution >= 0.6 is 0 Å². The van der Waals surface area contributed by atoms with Crippen LogP contribution in [0.25, 0.3) is 11.0 Å². The van der Waals surface area contributed by atoms with Crippen molar-refractivity contribution in [1.82, 2.24) is 9.55 Å². The van der Waals surface area contributed by atoms with Crippen LogP contribution in [-0.4, -0.2) is 34.3 Å². The Bertz CT molecular complexity index is 548. The first-order chi connectivity index (χ1) is 8.13. The monoisotopic (exact) mass is 234 g/mol. The van der Waals surface area contributed by atoms with Crippen molar-refractivity contribution in [3.8, 4) is 0 Å². The molecule has 17 heavy (non-hydrogen) atoms. The van der Waals surface area contributed by atoms with Crippen LogP contribution in [0.3, 0.4) is 0 Å². The fraction of sp³-hybridized carbons (Fsp3) is 0.333. The molecule has 1 atom stereocenters. The Balaban J connectivity index is 2.43. The lowest BCUT2D eigenvalue weighted by atomic mass is 10.00. The zero-order chi connectivity index (χ0) is 12.4. The van der Waals surface area contributed by atoms with Gasteiger partial charge in [-0.2, -0.15) is 0 Å². The molecule has 2 aromatic rings. The standard InChI is InChI=1S/C12H14N2O3/c1-14-7-13-10-5-8(3-4-11(10)14)9(6-17-2)12(15)16/h3-5,7,9H,6H2,1-2H3,(H,15,16). The molecule has 5 heteroatoms. The van der Waals surface area contributed by atoms with E-state index in [-0.39, 0.29) is 6.61 Å². The number of nitrogens with zero attached hydrogens (tertiary/aromatic N) is 2. The van der Waals surface area contributed by atoms with Crippen LogP contribution in [0.1, 0.15) is 11.5 Å². The second kappa shape index (κ2) is 4.55. The van der Waals surface area contributed by atoms with Crippen LogP contribution in [0.5, 0.6) is 0 Å². The van der Waals surface area contributed by atoms with Gasteiger partial charge in [0.2, 0.25) is 0 Å². The molecule has 2 rings (SSSR count). The van der Waals surface area contributed by atoms with Crippen molar-refractivity contribution in [3.05, 3.63) is 30.1 Å². The number of imidazole rings is 1. The summed E-state index contributed by atoms with van der Waals surface area (Å²) in [6.45, 7) is 0.160. The maximum atomic E-state index is 11.1. The molecule has 0 radical (unpaired) electrons. The number of hydrogen-bond acceptors (Lipinski definition) is 3. The summed E-state index contributed by atoms with van der Waals surface area (Å²) in [7, 11) is 3.40. The molecule has 0 aliphatic carbocycles. The molecule has 0 aliphatic rings. The van der Waals surface area contributed by atoms with Gasteiger partial charge < -0.3 is 14.4 Å². The van der Waals surface area contributed by atoms with Gasteiger partial charge in [0.1, 0.15) is 5.92 Å². The molecule has 0 spiro atoms. The highest BCUT2D eigenvalue weighted by Gasteiger charge is 2.20. The number of rotatable bonds is 4. The van der Waals surface area contributed by atoms with E-state index in [9.17, 15) is 4.79 Å². The Morgan fingerprint density at radius 3 is 3.00 bits per heavy atom. The van der Waals surface area contributed by atoms with E-state index in [1.807, 2.05) is 23.7 Å². The van der Waals surface area contributed by atoms with Crippen molar-refractivity contribution in [2.75, 3.05) is 13.7 Å². The van der Waals surface area contributed by atoms with Gasteiger partial charge in [-0.05, 0) is 17.7 Å². The number of ether oxygens (including phenoxy) is 1. The zero-order valence-electron chi connectivity index (χ0n) is 9.75. The fourth-order valence-corrected chi connectivity index (χ4v) is 1.85. The number of carboxylic acid groups (broad SMARTS) is 1. The predicted octanol–water partition coefficient (Wildman–Crippen LogP) is 1.39. The van der Waals surface area contributed by atoms with Crippen LogP contribution in [0.15, 0.2) is 24.5 Å². The van der Waals surface area contributed by atoms with Gasteiger partial charge in [-0.1, -0.05) is 6.07 Å². The molecule has 90 valence electrons. The lowest BCUT2D eigenvalue weighted by Gasteiger charge is -2.11. The highest BCUT2D eigenvalue weighted by molar-refractivity contribution is 5.81. The summed E-state index contributed by atoms with van der Waals surface area (Å²) in [4.78, 5) is 15.3. The largest absolute Gasteiger partial charge is 0.481 e. The van der Waals surface area contributed by atoms with Gasteiger partial charge in [0, 0.05) is 14.2 Å². The molecule has 5 nitrogen and oxygen atoms in total. The van der Waals surface area contributed by atoms with Crippen LogP contribution < -0.4 is 0 Å².